The van der Waals surface area contributed by atoms with E-state index in [0.717, 1.165) is 48.7 Å². The first-order valence-electron chi connectivity index (χ1n) is 11.4. The van der Waals surface area contributed by atoms with E-state index in [1.54, 1.807) is 4.68 Å². The number of carbonyl (C=O) groups excluding carboxylic acids is 1. The van der Waals surface area contributed by atoms with Gasteiger partial charge in [-0.1, -0.05) is 25.0 Å². The molecule has 0 saturated heterocycles. The average molecular weight is 477 g/mol. The number of fused-ring (bicyclic) bond motifs is 1. The van der Waals surface area contributed by atoms with Gasteiger partial charge in [0.2, 0.25) is 0 Å². The Morgan fingerprint density at radius 2 is 1.97 bits per heavy atom. The third kappa shape index (κ3) is 4.23. The van der Waals surface area contributed by atoms with E-state index < -0.39 is 11.7 Å². The molecule has 2 aromatic carbocycles. The van der Waals surface area contributed by atoms with Crippen molar-refractivity contribution >= 4 is 22.6 Å². The lowest BCUT2D eigenvalue weighted by Crippen LogP contribution is -2.23. The first kappa shape index (κ1) is 22.6. The molecule has 1 fully saturated rings. The smallest absolute Gasteiger partial charge is 0.275 e. The number of halogens is 1. The maximum absolute atomic E-state index is 13.6. The summed E-state index contributed by atoms with van der Waals surface area (Å²) in [6.45, 7) is 0.231. The Kier molecular flexibility index (Phi) is 5.94. The van der Waals surface area contributed by atoms with Crippen molar-refractivity contribution in [2.45, 2.75) is 38.1 Å². The minimum Gasteiger partial charge on any atom is -0.496 e. The molecule has 35 heavy (non-hydrogen) atoms. The zero-order chi connectivity index (χ0) is 24.5. The minimum absolute atomic E-state index is 0.125. The molecule has 1 amide bonds. The summed E-state index contributed by atoms with van der Waals surface area (Å²) in [5.74, 6) is -0.240. The standard InChI is InChI=1S/C25H25FN6O3/c1-35-19-11-8-16(26)12-18(19)24(33)28-13-14-6-9-17(10-7-14)32-22-20(25(34)30-29-23(22)27)21(31-32)15-4-2-3-5-15/h6-12,15H,2-5,13H2,1H3,(H2,27,29)(H,28,33)(H,30,34). The average Bonchev–Trinajstić information content (AvgIpc) is 3.54. The molecule has 0 spiro atoms. The molecule has 4 aromatic rings. The fourth-order valence-electron chi connectivity index (χ4n) is 4.68. The predicted octanol–water partition coefficient (Wildman–Crippen LogP) is 3.43. The lowest BCUT2D eigenvalue weighted by atomic mass is 10.0. The van der Waals surface area contributed by atoms with Crippen molar-refractivity contribution in [3.63, 3.8) is 0 Å². The van der Waals surface area contributed by atoms with Crippen molar-refractivity contribution in [3.8, 4) is 11.4 Å². The summed E-state index contributed by atoms with van der Waals surface area (Å²) < 4.78 is 20.4. The third-order valence-corrected chi connectivity index (χ3v) is 6.44. The van der Waals surface area contributed by atoms with Crippen LogP contribution in [0, 0.1) is 5.82 Å². The number of carbonyl (C=O) groups is 1. The highest BCUT2D eigenvalue weighted by atomic mass is 19.1. The number of amides is 1. The van der Waals surface area contributed by atoms with E-state index in [1.165, 1.54) is 19.2 Å². The number of benzene rings is 2. The summed E-state index contributed by atoms with van der Waals surface area (Å²) in [5, 5.41) is 14.5. The Balaban J connectivity index is 1.41. The van der Waals surface area contributed by atoms with Gasteiger partial charge in [-0.25, -0.2) is 14.2 Å². The number of anilines is 1. The van der Waals surface area contributed by atoms with Crippen LogP contribution < -0.4 is 21.3 Å². The molecule has 10 heteroatoms. The lowest BCUT2D eigenvalue weighted by molar-refractivity contribution is 0.0947. The Bertz CT molecular complexity index is 1450. The maximum atomic E-state index is 13.6. The number of H-pyrrole nitrogens is 1. The molecule has 0 bridgehead atoms. The molecule has 1 aliphatic rings. The van der Waals surface area contributed by atoms with Crippen molar-refractivity contribution in [1.29, 1.82) is 0 Å². The molecule has 5 rings (SSSR count). The summed E-state index contributed by atoms with van der Waals surface area (Å²) in [5.41, 5.74) is 8.78. The van der Waals surface area contributed by atoms with E-state index in [1.807, 2.05) is 24.3 Å². The van der Waals surface area contributed by atoms with Crippen LogP contribution in [0.1, 0.15) is 53.2 Å². The van der Waals surface area contributed by atoms with Gasteiger partial charge in [-0.2, -0.15) is 10.2 Å². The number of aromatic nitrogens is 4. The van der Waals surface area contributed by atoms with Crippen LogP contribution in [0.25, 0.3) is 16.6 Å². The highest BCUT2D eigenvalue weighted by Crippen LogP contribution is 2.37. The van der Waals surface area contributed by atoms with E-state index in [0.29, 0.717) is 16.7 Å². The maximum Gasteiger partial charge on any atom is 0.275 e. The lowest BCUT2D eigenvalue weighted by Gasteiger charge is -2.10. The molecule has 180 valence electrons. The topological polar surface area (TPSA) is 128 Å². The van der Waals surface area contributed by atoms with Gasteiger partial charge in [0.25, 0.3) is 11.5 Å². The predicted molar refractivity (Wildman–Crippen MR) is 129 cm³/mol. The Morgan fingerprint density at radius 1 is 1.23 bits per heavy atom. The molecular formula is C25H25FN6O3. The number of nitrogens with two attached hydrogens (primary N) is 1. The summed E-state index contributed by atoms with van der Waals surface area (Å²) in [7, 11) is 1.43. The number of methoxy groups -OCH3 is 1. The van der Waals surface area contributed by atoms with Gasteiger partial charge in [0, 0.05) is 12.5 Å². The first-order valence-corrected chi connectivity index (χ1v) is 11.4. The molecule has 0 atom stereocenters. The van der Waals surface area contributed by atoms with Crippen LogP contribution in [0.4, 0.5) is 10.2 Å². The second-order valence-corrected chi connectivity index (χ2v) is 8.63. The van der Waals surface area contributed by atoms with E-state index >= 15 is 0 Å². The normalized spacial score (nSPS) is 13.9. The number of ether oxygens (including phenoxy) is 1. The van der Waals surface area contributed by atoms with E-state index in [-0.39, 0.29) is 29.4 Å². The van der Waals surface area contributed by atoms with E-state index in [9.17, 15) is 14.0 Å². The van der Waals surface area contributed by atoms with E-state index in [2.05, 4.69) is 15.5 Å². The van der Waals surface area contributed by atoms with Crippen molar-refractivity contribution in [2.24, 2.45) is 0 Å². The first-order chi connectivity index (χ1) is 17.0. The van der Waals surface area contributed by atoms with Crippen molar-refractivity contribution in [2.75, 3.05) is 12.8 Å². The van der Waals surface area contributed by atoms with Crippen LogP contribution in [-0.4, -0.2) is 33.0 Å². The van der Waals surface area contributed by atoms with Crippen molar-refractivity contribution in [1.82, 2.24) is 25.3 Å². The van der Waals surface area contributed by atoms with Crippen molar-refractivity contribution < 1.29 is 13.9 Å². The molecule has 2 heterocycles. The molecule has 0 unspecified atom stereocenters. The number of hydrogen-bond acceptors (Lipinski definition) is 6. The van der Waals surface area contributed by atoms with Crippen LogP contribution in [0.3, 0.4) is 0 Å². The molecule has 1 saturated carbocycles. The molecule has 0 aliphatic heterocycles. The minimum atomic E-state index is -0.517. The Labute approximate surface area is 200 Å². The highest BCUT2D eigenvalue weighted by molar-refractivity contribution is 5.97. The summed E-state index contributed by atoms with van der Waals surface area (Å²) >= 11 is 0. The van der Waals surface area contributed by atoms with Gasteiger partial charge in [-0.05, 0) is 48.7 Å². The number of nitrogens with zero attached hydrogens (tertiary/aromatic N) is 3. The number of rotatable bonds is 6. The molecule has 4 N–H and O–H groups in total. The van der Waals surface area contributed by atoms with Crippen LogP contribution in [0.5, 0.6) is 5.75 Å². The van der Waals surface area contributed by atoms with Crippen LogP contribution in [0.2, 0.25) is 0 Å². The number of hydrogen-bond donors (Lipinski definition) is 3. The molecule has 1 aliphatic carbocycles. The van der Waals surface area contributed by atoms with Crippen LogP contribution in [0.15, 0.2) is 47.3 Å². The zero-order valence-corrected chi connectivity index (χ0v) is 19.2. The number of aromatic amines is 1. The zero-order valence-electron chi connectivity index (χ0n) is 19.2. The van der Waals surface area contributed by atoms with Crippen LogP contribution in [-0.2, 0) is 6.54 Å². The molecular weight excluding hydrogens is 451 g/mol. The summed E-state index contributed by atoms with van der Waals surface area (Å²) in [6.07, 6.45) is 4.20. The van der Waals surface area contributed by atoms with Gasteiger partial charge >= 0.3 is 0 Å². The van der Waals surface area contributed by atoms with Gasteiger partial charge in [0.15, 0.2) is 5.82 Å². The number of nitrogen functional groups attached to an aromatic ring is 1. The second kappa shape index (κ2) is 9.21. The SMILES string of the molecule is COc1ccc(F)cc1C(=O)NCc1ccc(-n2nc(C3CCCC3)c3c(=O)[nH]nc(N)c32)cc1. The fraction of sp³-hybridized carbons (Fsp3) is 0.280. The van der Waals surface area contributed by atoms with Gasteiger partial charge < -0.3 is 15.8 Å². The van der Waals surface area contributed by atoms with Gasteiger partial charge in [0.1, 0.15) is 17.1 Å². The summed E-state index contributed by atoms with van der Waals surface area (Å²) in [4.78, 5) is 25.2. The Hall–Kier alpha value is -4.21. The van der Waals surface area contributed by atoms with E-state index in [4.69, 9.17) is 15.6 Å². The second-order valence-electron chi connectivity index (χ2n) is 8.63. The fourth-order valence-corrected chi connectivity index (χ4v) is 4.68. The van der Waals surface area contributed by atoms with Gasteiger partial charge in [-0.3, -0.25) is 9.59 Å². The van der Waals surface area contributed by atoms with Gasteiger partial charge in [0.05, 0.1) is 29.4 Å². The number of nitrogens with one attached hydrogen (secondary N) is 2. The summed E-state index contributed by atoms with van der Waals surface area (Å²) in [6, 6.07) is 11.2. The van der Waals surface area contributed by atoms with Gasteiger partial charge in [-0.15, -0.1) is 0 Å². The van der Waals surface area contributed by atoms with Crippen LogP contribution >= 0.6 is 0 Å². The monoisotopic (exact) mass is 476 g/mol. The largest absolute Gasteiger partial charge is 0.496 e. The highest BCUT2D eigenvalue weighted by Gasteiger charge is 2.27. The van der Waals surface area contributed by atoms with Crippen molar-refractivity contribution in [3.05, 3.63) is 75.5 Å². The molecule has 2 aromatic heterocycles. The molecule has 9 nitrogen and oxygen atoms in total. The quantitative estimate of drug-likeness (QED) is 0.391. The Morgan fingerprint density at radius 3 is 2.69 bits per heavy atom. The molecule has 0 radical (unpaired) electrons. The third-order valence-electron chi connectivity index (χ3n) is 6.44.